The first-order chi connectivity index (χ1) is 11.3. The van der Waals surface area contributed by atoms with Gasteiger partial charge in [0.05, 0.1) is 0 Å². The van der Waals surface area contributed by atoms with E-state index in [4.69, 9.17) is 0 Å². The van der Waals surface area contributed by atoms with E-state index >= 15 is 0 Å². The molecule has 1 amide bonds. The number of anilines is 1. The van der Waals surface area contributed by atoms with Crippen molar-refractivity contribution in [1.29, 1.82) is 0 Å². The van der Waals surface area contributed by atoms with Crippen LogP contribution >= 0.6 is 0 Å². The Morgan fingerprint density at radius 3 is 2.74 bits per heavy atom. The van der Waals surface area contributed by atoms with E-state index < -0.39 is 0 Å². The number of aromatic nitrogens is 1. The SMILES string of the molecule is O=C(c1cccc(N2CCCC2)c1)N(Cc1cc[nH]c1)C1CC1. The minimum absolute atomic E-state index is 0.162. The number of aromatic amines is 1. The predicted octanol–water partition coefficient (Wildman–Crippen LogP) is 3.42. The first-order valence-electron chi connectivity index (χ1n) is 8.59. The summed E-state index contributed by atoms with van der Waals surface area (Å²) in [6.45, 7) is 2.90. The lowest BCUT2D eigenvalue weighted by Crippen LogP contribution is -2.32. The smallest absolute Gasteiger partial charge is 0.254 e. The molecule has 1 aromatic carbocycles. The number of nitrogens with one attached hydrogen (secondary N) is 1. The van der Waals surface area contributed by atoms with Crippen molar-refractivity contribution in [2.75, 3.05) is 18.0 Å². The second-order valence-electron chi connectivity index (χ2n) is 6.63. The Morgan fingerprint density at radius 2 is 2.04 bits per heavy atom. The fourth-order valence-corrected chi connectivity index (χ4v) is 3.38. The lowest BCUT2D eigenvalue weighted by Gasteiger charge is -2.23. The molecule has 23 heavy (non-hydrogen) atoms. The number of carbonyl (C=O) groups excluding carboxylic acids is 1. The quantitative estimate of drug-likeness (QED) is 0.919. The molecule has 0 spiro atoms. The molecule has 1 aliphatic carbocycles. The van der Waals surface area contributed by atoms with Crippen LogP contribution in [0.1, 0.15) is 41.6 Å². The van der Waals surface area contributed by atoms with Gasteiger partial charge in [-0.2, -0.15) is 0 Å². The maximum absolute atomic E-state index is 13.0. The van der Waals surface area contributed by atoms with Crippen LogP contribution in [0.3, 0.4) is 0 Å². The molecule has 2 fully saturated rings. The zero-order valence-electron chi connectivity index (χ0n) is 13.4. The molecular weight excluding hydrogens is 286 g/mol. The normalized spacial score (nSPS) is 17.5. The van der Waals surface area contributed by atoms with Gasteiger partial charge in [0.15, 0.2) is 0 Å². The number of H-pyrrole nitrogens is 1. The first-order valence-corrected chi connectivity index (χ1v) is 8.59. The number of amides is 1. The number of rotatable bonds is 5. The number of hydrogen-bond acceptors (Lipinski definition) is 2. The van der Waals surface area contributed by atoms with Crippen molar-refractivity contribution in [3.63, 3.8) is 0 Å². The summed E-state index contributed by atoms with van der Waals surface area (Å²) >= 11 is 0. The van der Waals surface area contributed by atoms with Crippen molar-refractivity contribution < 1.29 is 4.79 Å². The molecule has 4 nitrogen and oxygen atoms in total. The molecule has 4 rings (SSSR count). The van der Waals surface area contributed by atoms with Crippen LogP contribution in [-0.4, -0.2) is 34.9 Å². The summed E-state index contributed by atoms with van der Waals surface area (Å²) in [7, 11) is 0. The highest BCUT2D eigenvalue weighted by Gasteiger charge is 2.33. The molecule has 2 aliphatic rings. The molecule has 1 aromatic heterocycles. The highest BCUT2D eigenvalue weighted by molar-refractivity contribution is 5.95. The second-order valence-corrected chi connectivity index (χ2v) is 6.63. The zero-order valence-corrected chi connectivity index (χ0v) is 13.4. The maximum atomic E-state index is 13.0. The minimum Gasteiger partial charge on any atom is -0.372 e. The van der Waals surface area contributed by atoms with E-state index in [-0.39, 0.29) is 5.91 Å². The van der Waals surface area contributed by atoms with Gasteiger partial charge in [0, 0.05) is 49.3 Å². The van der Waals surface area contributed by atoms with Crippen molar-refractivity contribution in [1.82, 2.24) is 9.88 Å². The summed E-state index contributed by atoms with van der Waals surface area (Å²) in [5.74, 6) is 0.162. The Balaban J connectivity index is 1.55. The summed E-state index contributed by atoms with van der Waals surface area (Å²) < 4.78 is 0. The maximum Gasteiger partial charge on any atom is 0.254 e. The predicted molar refractivity (Wildman–Crippen MR) is 91.6 cm³/mol. The average Bonchev–Trinajstić information content (AvgIpc) is 3.05. The lowest BCUT2D eigenvalue weighted by molar-refractivity contribution is 0.0730. The van der Waals surface area contributed by atoms with Crippen LogP contribution in [0.2, 0.25) is 0 Å². The molecule has 0 atom stereocenters. The Bertz CT molecular complexity index is 670. The number of benzene rings is 1. The number of carbonyl (C=O) groups is 1. The van der Waals surface area contributed by atoms with Gasteiger partial charge in [0.1, 0.15) is 0 Å². The van der Waals surface area contributed by atoms with Crippen LogP contribution in [0.5, 0.6) is 0 Å². The summed E-state index contributed by atoms with van der Waals surface area (Å²) in [5, 5.41) is 0. The Hall–Kier alpha value is -2.23. The highest BCUT2D eigenvalue weighted by atomic mass is 16.2. The van der Waals surface area contributed by atoms with Gasteiger partial charge in [-0.05, 0) is 55.5 Å². The number of hydrogen-bond donors (Lipinski definition) is 1. The van der Waals surface area contributed by atoms with Crippen molar-refractivity contribution in [3.05, 3.63) is 53.9 Å². The third kappa shape index (κ3) is 3.11. The molecule has 4 heteroatoms. The van der Waals surface area contributed by atoms with E-state index in [1.54, 1.807) is 0 Å². The average molecular weight is 309 g/mol. The van der Waals surface area contributed by atoms with Gasteiger partial charge in [-0.15, -0.1) is 0 Å². The van der Waals surface area contributed by atoms with E-state index in [9.17, 15) is 4.79 Å². The van der Waals surface area contributed by atoms with Crippen molar-refractivity contribution >= 4 is 11.6 Å². The van der Waals surface area contributed by atoms with E-state index in [0.29, 0.717) is 12.6 Å². The molecule has 0 unspecified atom stereocenters. The summed E-state index contributed by atoms with van der Waals surface area (Å²) in [4.78, 5) is 20.5. The topological polar surface area (TPSA) is 39.3 Å². The fourth-order valence-electron chi connectivity index (χ4n) is 3.38. The lowest BCUT2D eigenvalue weighted by atomic mass is 10.1. The fraction of sp³-hybridized carbons (Fsp3) is 0.421. The summed E-state index contributed by atoms with van der Waals surface area (Å²) in [6, 6.07) is 10.6. The van der Waals surface area contributed by atoms with Gasteiger partial charge in [-0.3, -0.25) is 4.79 Å². The molecule has 0 radical (unpaired) electrons. The Labute approximate surface area is 137 Å². The molecule has 120 valence electrons. The van der Waals surface area contributed by atoms with Crippen molar-refractivity contribution in [2.45, 2.75) is 38.3 Å². The third-order valence-electron chi connectivity index (χ3n) is 4.83. The molecule has 2 aromatic rings. The zero-order chi connectivity index (χ0) is 15.6. The Kier molecular flexibility index (Phi) is 3.82. The molecular formula is C19H23N3O. The Morgan fingerprint density at radius 1 is 1.22 bits per heavy atom. The van der Waals surface area contributed by atoms with Crippen LogP contribution in [0.25, 0.3) is 0 Å². The molecule has 1 aliphatic heterocycles. The van der Waals surface area contributed by atoms with Gasteiger partial charge in [-0.1, -0.05) is 6.07 Å². The largest absolute Gasteiger partial charge is 0.372 e. The second kappa shape index (κ2) is 6.11. The first kappa shape index (κ1) is 14.4. The van der Waals surface area contributed by atoms with Gasteiger partial charge in [0.25, 0.3) is 5.91 Å². The van der Waals surface area contributed by atoms with Gasteiger partial charge in [-0.25, -0.2) is 0 Å². The number of nitrogens with zero attached hydrogens (tertiary/aromatic N) is 2. The van der Waals surface area contributed by atoms with Crippen molar-refractivity contribution in [2.24, 2.45) is 0 Å². The van der Waals surface area contributed by atoms with Gasteiger partial charge in [0.2, 0.25) is 0 Å². The van der Waals surface area contributed by atoms with Crippen LogP contribution in [0, 0.1) is 0 Å². The summed E-state index contributed by atoms with van der Waals surface area (Å²) in [5.41, 5.74) is 3.17. The third-order valence-corrected chi connectivity index (χ3v) is 4.83. The van der Waals surface area contributed by atoms with Crippen molar-refractivity contribution in [3.8, 4) is 0 Å². The van der Waals surface area contributed by atoms with Crippen LogP contribution in [-0.2, 0) is 6.54 Å². The summed E-state index contributed by atoms with van der Waals surface area (Å²) in [6.07, 6.45) is 8.64. The highest BCUT2D eigenvalue weighted by Crippen LogP contribution is 2.30. The molecule has 1 saturated heterocycles. The van der Waals surface area contributed by atoms with Crippen LogP contribution in [0.15, 0.2) is 42.7 Å². The molecule has 1 saturated carbocycles. The van der Waals surface area contributed by atoms with Gasteiger partial charge < -0.3 is 14.8 Å². The molecule has 2 heterocycles. The molecule has 0 bridgehead atoms. The molecule has 1 N–H and O–H groups in total. The van der Waals surface area contributed by atoms with E-state index in [0.717, 1.165) is 31.5 Å². The monoisotopic (exact) mass is 309 g/mol. The van der Waals surface area contributed by atoms with E-state index in [1.807, 2.05) is 35.5 Å². The van der Waals surface area contributed by atoms with Gasteiger partial charge >= 0.3 is 0 Å². The van der Waals surface area contributed by atoms with E-state index in [1.165, 1.54) is 24.1 Å². The minimum atomic E-state index is 0.162. The van der Waals surface area contributed by atoms with E-state index in [2.05, 4.69) is 22.0 Å². The van der Waals surface area contributed by atoms with Crippen LogP contribution in [0.4, 0.5) is 5.69 Å². The van der Waals surface area contributed by atoms with Crippen LogP contribution < -0.4 is 4.90 Å². The standard InChI is InChI=1S/C19H23N3O/c23-19(22(17-6-7-17)14-15-8-9-20-13-15)16-4-3-5-18(12-16)21-10-1-2-11-21/h3-5,8-9,12-13,17,20H,1-2,6-7,10-11,14H2.